The predicted octanol–water partition coefficient (Wildman–Crippen LogP) is 2.65. The Morgan fingerprint density at radius 1 is 1.24 bits per heavy atom. The highest BCUT2D eigenvalue weighted by Gasteiger charge is 2.35. The van der Waals surface area contributed by atoms with Crippen LogP contribution in [0.4, 0.5) is 17.2 Å². The number of carbonyl (C=O) groups excluding carboxylic acids is 2. The van der Waals surface area contributed by atoms with E-state index in [1.807, 2.05) is 31.3 Å². The number of amides is 2. The number of hydrogen-bond donors (Lipinski definition) is 1. The van der Waals surface area contributed by atoms with Gasteiger partial charge in [-0.05, 0) is 50.7 Å². The fourth-order valence-corrected chi connectivity index (χ4v) is 3.60. The minimum Gasteiger partial charge on any atom is -0.320 e. The molecule has 0 bridgehead atoms. The second kappa shape index (κ2) is 6.29. The number of nitrogens with one attached hydrogen (secondary N) is 1. The highest BCUT2D eigenvalue weighted by molar-refractivity contribution is 6.17. The molecular formula is C19H20N4O2. The van der Waals surface area contributed by atoms with Gasteiger partial charge in [0.05, 0.1) is 22.9 Å². The minimum atomic E-state index is -0.244. The summed E-state index contributed by atoms with van der Waals surface area (Å²) in [5, 5.41) is 2.89. The minimum absolute atomic E-state index is 0.00421. The molecule has 6 nitrogen and oxygen atoms in total. The topological polar surface area (TPSA) is 65.5 Å². The van der Waals surface area contributed by atoms with E-state index in [1.54, 1.807) is 23.2 Å². The number of nitrogens with zero attached hydrogens (tertiary/aromatic N) is 3. The SMILES string of the molecule is CN1CCC[C@H](C(=O)N2c3ccccc3NC(=O)c3cccnc32)C1. The van der Waals surface area contributed by atoms with Crippen molar-refractivity contribution in [3.63, 3.8) is 0 Å². The van der Waals surface area contributed by atoms with Gasteiger partial charge < -0.3 is 10.2 Å². The van der Waals surface area contributed by atoms with Gasteiger partial charge in [-0.1, -0.05) is 12.1 Å². The van der Waals surface area contributed by atoms with Gasteiger partial charge >= 0.3 is 0 Å². The summed E-state index contributed by atoms with van der Waals surface area (Å²) in [6.07, 6.45) is 3.47. The second-order valence-corrected chi connectivity index (χ2v) is 6.62. The number of likely N-dealkylation sites (tertiary alicyclic amines) is 1. The molecule has 3 heterocycles. The Bertz CT molecular complexity index is 836. The van der Waals surface area contributed by atoms with Crippen LogP contribution >= 0.6 is 0 Å². The van der Waals surface area contributed by atoms with Gasteiger partial charge in [-0.25, -0.2) is 4.98 Å². The Labute approximate surface area is 146 Å². The van der Waals surface area contributed by atoms with Gasteiger partial charge in [-0.3, -0.25) is 14.5 Å². The fraction of sp³-hybridized carbons (Fsp3) is 0.316. The molecule has 0 radical (unpaired) electrons. The van der Waals surface area contributed by atoms with Crippen molar-refractivity contribution in [2.24, 2.45) is 5.92 Å². The molecule has 2 amide bonds. The van der Waals surface area contributed by atoms with Gasteiger partial charge in [0.2, 0.25) is 5.91 Å². The molecule has 0 unspecified atom stereocenters. The number of pyridine rings is 1. The number of rotatable bonds is 1. The van der Waals surface area contributed by atoms with Crippen molar-refractivity contribution < 1.29 is 9.59 Å². The highest BCUT2D eigenvalue weighted by atomic mass is 16.2. The molecule has 4 rings (SSSR count). The van der Waals surface area contributed by atoms with Crippen LogP contribution in [0.1, 0.15) is 23.2 Å². The van der Waals surface area contributed by atoms with E-state index < -0.39 is 0 Å². The third-order valence-electron chi connectivity index (χ3n) is 4.83. The Morgan fingerprint density at radius 3 is 2.92 bits per heavy atom. The molecule has 2 aliphatic heterocycles. The monoisotopic (exact) mass is 336 g/mol. The Kier molecular flexibility index (Phi) is 3.97. The first-order valence-electron chi connectivity index (χ1n) is 8.53. The molecule has 0 spiro atoms. The van der Waals surface area contributed by atoms with Gasteiger partial charge in [0.1, 0.15) is 0 Å². The first-order chi connectivity index (χ1) is 12.1. The van der Waals surface area contributed by atoms with Gasteiger partial charge in [0.25, 0.3) is 5.91 Å². The molecule has 2 aromatic rings. The molecule has 0 saturated carbocycles. The first-order valence-corrected chi connectivity index (χ1v) is 8.53. The summed E-state index contributed by atoms with van der Waals surface area (Å²) in [6, 6.07) is 10.8. The second-order valence-electron chi connectivity index (χ2n) is 6.62. The van der Waals surface area contributed by atoms with Crippen molar-refractivity contribution in [1.82, 2.24) is 9.88 Å². The first kappa shape index (κ1) is 15.8. The fourth-order valence-electron chi connectivity index (χ4n) is 3.60. The molecule has 1 fully saturated rings. The number of carbonyl (C=O) groups is 2. The van der Waals surface area contributed by atoms with Crippen molar-refractivity contribution in [3.8, 4) is 0 Å². The average Bonchev–Trinajstić information content (AvgIpc) is 2.75. The lowest BCUT2D eigenvalue weighted by molar-refractivity contribution is -0.123. The zero-order valence-corrected chi connectivity index (χ0v) is 14.1. The summed E-state index contributed by atoms with van der Waals surface area (Å²) < 4.78 is 0. The van der Waals surface area contributed by atoms with Gasteiger partial charge in [-0.2, -0.15) is 0 Å². The molecule has 1 saturated heterocycles. The average molecular weight is 336 g/mol. The van der Waals surface area contributed by atoms with Crippen LogP contribution in [0.25, 0.3) is 0 Å². The van der Waals surface area contributed by atoms with Crippen LogP contribution in [0.15, 0.2) is 42.6 Å². The lowest BCUT2D eigenvalue weighted by Crippen LogP contribution is -2.42. The van der Waals surface area contributed by atoms with Crippen LogP contribution in [-0.2, 0) is 4.79 Å². The van der Waals surface area contributed by atoms with E-state index in [-0.39, 0.29) is 17.7 Å². The Balaban J connectivity index is 1.84. The van der Waals surface area contributed by atoms with E-state index in [4.69, 9.17) is 0 Å². The normalized spacial score (nSPS) is 20.3. The van der Waals surface area contributed by atoms with Crippen LogP contribution in [-0.4, -0.2) is 41.8 Å². The van der Waals surface area contributed by atoms with Gasteiger partial charge in [0, 0.05) is 12.7 Å². The Hall–Kier alpha value is -2.73. The van der Waals surface area contributed by atoms with Crippen LogP contribution in [0, 0.1) is 5.92 Å². The zero-order valence-electron chi connectivity index (χ0n) is 14.1. The molecule has 1 N–H and O–H groups in total. The van der Waals surface area contributed by atoms with Gasteiger partial charge in [-0.15, -0.1) is 0 Å². The molecule has 6 heteroatoms. The van der Waals surface area contributed by atoms with Crippen molar-refractivity contribution in [3.05, 3.63) is 48.2 Å². The quantitative estimate of drug-likeness (QED) is 0.869. The molecule has 1 atom stereocenters. The summed E-state index contributed by atoms with van der Waals surface area (Å²) in [7, 11) is 2.03. The number of anilines is 3. The van der Waals surface area contributed by atoms with Crippen molar-refractivity contribution >= 4 is 29.0 Å². The zero-order chi connectivity index (χ0) is 17.4. The summed E-state index contributed by atoms with van der Waals surface area (Å²) in [5.41, 5.74) is 1.71. The van der Waals surface area contributed by atoms with Crippen LogP contribution < -0.4 is 10.2 Å². The standard InChI is InChI=1S/C19H20N4O2/c1-22-11-5-6-13(12-22)19(25)23-16-9-3-2-8-15(16)21-18(24)14-7-4-10-20-17(14)23/h2-4,7-10,13H,5-6,11-12H2,1H3,(H,21,24)/t13-/m0/s1. The molecule has 25 heavy (non-hydrogen) atoms. The van der Waals surface area contributed by atoms with E-state index in [0.29, 0.717) is 22.8 Å². The van der Waals surface area contributed by atoms with Crippen LogP contribution in [0.3, 0.4) is 0 Å². The van der Waals surface area contributed by atoms with E-state index >= 15 is 0 Å². The number of para-hydroxylation sites is 2. The molecule has 1 aromatic heterocycles. The number of aromatic nitrogens is 1. The maximum atomic E-state index is 13.4. The molecule has 128 valence electrons. The molecule has 2 aliphatic rings. The third kappa shape index (κ3) is 2.78. The highest BCUT2D eigenvalue weighted by Crippen LogP contribution is 2.38. The Morgan fingerprint density at radius 2 is 2.08 bits per heavy atom. The number of benzene rings is 1. The van der Waals surface area contributed by atoms with Crippen molar-refractivity contribution in [1.29, 1.82) is 0 Å². The van der Waals surface area contributed by atoms with Crippen LogP contribution in [0.5, 0.6) is 0 Å². The predicted molar refractivity (Wildman–Crippen MR) is 96.0 cm³/mol. The van der Waals surface area contributed by atoms with Crippen molar-refractivity contribution in [2.75, 3.05) is 30.4 Å². The molecule has 0 aliphatic carbocycles. The number of fused-ring (bicyclic) bond motifs is 2. The lowest BCUT2D eigenvalue weighted by atomic mass is 9.96. The summed E-state index contributed by atoms with van der Waals surface area (Å²) in [4.78, 5) is 34.1. The van der Waals surface area contributed by atoms with E-state index in [2.05, 4.69) is 15.2 Å². The largest absolute Gasteiger partial charge is 0.320 e. The molecular weight excluding hydrogens is 316 g/mol. The number of piperidine rings is 1. The van der Waals surface area contributed by atoms with E-state index in [1.165, 1.54) is 0 Å². The van der Waals surface area contributed by atoms with Crippen LogP contribution in [0.2, 0.25) is 0 Å². The molecule has 1 aromatic carbocycles. The summed E-state index contributed by atoms with van der Waals surface area (Å²) >= 11 is 0. The lowest BCUT2D eigenvalue weighted by Gasteiger charge is -2.33. The van der Waals surface area contributed by atoms with E-state index in [9.17, 15) is 9.59 Å². The maximum Gasteiger partial charge on any atom is 0.259 e. The van der Waals surface area contributed by atoms with E-state index in [0.717, 1.165) is 25.9 Å². The maximum absolute atomic E-state index is 13.4. The summed E-state index contributed by atoms with van der Waals surface area (Å²) in [6.45, 7) is 1.73. The number of hydrogen-bond acceptors (Lipinski definition) is 4. The smallest absolute Gasteiger partial charge is 0.259 e. The summed E-state index contributed by atoms with van der Waals surface area (Å²) in [5.74, 6) is 0.0557. The van der Waals surface area contributed by atoms with Crippen molar-refractivity contribution in [2.45, 2.75) is 12.8 Å². The van der Waals surface area contributed by atoms with Gasteiger partial charge in [0.15, 0.2) is 5.82 Å². The third-order valence-corrected chi connectivity index (χ3v) is 4.83.